The van der Waals surface area contributed by atoms with E-state index in [1.807, 2.05) is 6.20 Å². The van der Waals surface area contributed by atoms with Crippen LogP contribution in [0.1, 0.15) is 38.8 Å². The molecule has 0 radical (unpaired) electrons. The highest BCUT2D eigenvalue weighted by atomic mass is 79.9. The van der Waals surface area contributed by atoms with E-state index in [2.05, 4.69) is 52.2 Å². The van der Waals surface area contributed by atoms with Crippen molar-refractivity contribution in [2.24, 2.45) is 5.41 Å². The molecule has 1 saturated carbocycles. The third kappa shape index (κ3) is 3.29. The summed E-state index contributed by atoms with van der Waals surface area (Å²) in [6.45, 7) is 5.66. The van der Waals surface area contributed by atoms with Crippen molar-refractivity contribution in [1.29, 1.82) is 0 Å². The molecule has 1 heterocycles. The van der Waals surface area contributed by atoms with E-state index in [0.29, 0.717) is 11.5 Å². The fourth-order valence-corrected chi connectivity index (χ4v) is 2.61. The normalized spacial score (nSPS) is 19.0. The van der Waals surface area contributed by atoms with Crippen LogP contribution in [0.5, 0.6) is 0 Å². The third-order valence-electron chi connectivity index (χ3n) is 3.83. The molecule has 1 aliphatic rings. The van der Waals surface area contributed by atoms with E-state index in [1.54, 1.807) is 0 Å². The average Bonchev–Trinajstić information content (AvgIpc) is 3.10. The summed E-state index contributed by atoms with van der Waals surface area (Å²) in [6, 6.07) is 4.83. The van der Waals surface area contributed by atoms with Gasteiger partial charge in [0.25, 0.3) is 0 Å². The van der Waals surface area contributed by atoms with Crippen molar-refractivity contribution >= 4 is 15.9 Å². The molecule has 3 heteroatoms. The first-order valence-corrected chi connectivity index (χ1v) is 7.29. The highest BCUT2D eigenvalue weighted by molar-refractivity contribution is 9.10. The van der Waals surface area contributed by atoms with Gasteiger partial charge in [0.1, 0.15) is 0 Å². The van der Waals surface area contributed by atoms with Crippen molar-refractivity contribution < 1.29 is 0 Å². The average molecular weight is 297 g/mol. The Balaban J connectivity index is 1.95. The van der Waals surface area contributed by atoms with Crippen LogP contribution in [0.15, 0.2) is 22.8 Å². The summed E-state index contributed by atoms with van der Waals surface area (Å²) in [6.07, 6.45) is 6.88. The Kier molecular flexibility index (Phi) is 4.21. The van der Waals surface area contributed by atoms with Gasteiger partial charge < -0.3 is 5.32 Å². The molecule has 0 aliphatic heterocycles. The second-order valence-corrected chi connectivity index (χ2v) is 6.10. The van der Waals surface area contributed by atoms with Crippen LogP contribution in [0.4, 0.5) is 0 Å². The Morgan fingerprint density at radius 3 is 2.76 bits per heavy atom. The number of hydrogen-bond donors (Lipinski definition) is 1. The first-order chi connectivity index (χ1) is 8.16. The van der Waals surface area contributed by atoms with Crippen LogP contribution in [-0.2, 0) is 6.42 Å². The Labute approximate surface area is 112 Å². The van der Waals surface area contributed by atoms with Gasteiger partial charge >= 0.3 is 0 Å². The fraction of sp³-hybridized carbons (Fsp3) is 0.643. The summed E-state index contributed by atoms with van der Waals surface area (Å²) in [4.78, 5) is 4.49. The molecule has 17 heavy (non-hydrogen) atoms. The minimum Gasteiger partial charge on any atom is -0.314 e. The monoisotopic (exact) mass is 296 g/mol. The smallest absolute Gasteiger partial charge is 0.0413 e. The summed E-state index contributed by atoms with van der Waals surface area (Å²) in [5.74, 6) is 0. The molecule has 0 bridgehead atoms. The zero-order valence-corrected chi connectivity index (χ0v) is 12.3. The van der Waals surface area contributed by atoms with E-state index in [4.69, 9.17) is 0 Å². The van der Waals surface area contributed by atoms with Crippen molar-refractivity contribution in [2.45, 2.75) is 45.6 Å². The SMILES string of the molecule is CCCNC(C)C1(Cc2ccc(Br)cn2)CC1. The van der Waals surface area contributed by atoms with Crippen LogP contribution in [0.2, 0.25) is 0 Å². The molecule has 1 aliphatic carbocycles. The summed E-state index contributed by atoms with van der Waals surface area (Å²) >= 11 is 3.43. The molecule has 0 saturated heterocycles. The predicted octanol–water partition coefficient (Wildman–Crippen LogP) is 3.55. The van der Waals surface area contributed by atoms with Crippen LogP contribution < -0.4 is 5.32 Å². The second kappa shape index (κ2) is 5.49. The Bertz CT molecular complexity index is 357. The quantitative estimate of drug-likeness (QED) is 0.868. The van der Waals surface area contributed by atoms with Crippen LogP contribution >= 0.6 is 15.9 Å². The number of hydrogen-bond acceptors (Lipinski definition) is 2. The number of nitrogens with zero attached hydrogens (tertiary/aromatic N) is 1. The van der Waals surface area contributed by atoms with Gasteiger partial charge in [0.2, 0.25) is 0 Å². The van der Waals surface area contributed by atoms with Gasteiger partial charge in [-0.1, -0.05) is 6.92 Å². The van der Waals surface area contributed by atoms with Crippen molar-refractivity contribution in [3.8, 4) is 0 Å². The largest absolute Gasteiger partial charge is 0.314 e. The van der Waals surface area contributed by atoms with E-state index < -0.39 is 0 Å². The number of rotatable bonds is 6. The molecule has 1 aromatic heterocycles. The Hall–Kier alpha value is -0.410. The van der Waals surface area contributed by atoms with E-state index in [1.165, 1.54) is 25.0 Å². The van der Waals surface area contributed by atoms with Crippen LogP contribution in [0, 0.1) is 5.41 Å². The Morgan fingerprint density at radius 2 is 2.24 bits per heavy atom. The summed E-state index contributed by atoms with van der Waals surface area (Å²) in [5, 5.41) is 3.63. The first kappa shape index (κ1) is 13.0. The molecule has 2 nitrogen and oxygen atoms in total. The van der Waals surface area contributed by atoms with Crippen LogP contribution in [-0.4, -0.2) is 17.6 Å². The van der Waals surface area contributed by atoms with E-state index >= 15 is 0 Å². The standard InChI is InChI=1S/C14H21BrN2/c1-3-8-16-11(2)14(6-7-14)9-13-5-4-12(15)10-17-13/h4-5,10-11,16H,3,6-9H2,1-2H3. The van der Waals surface area contributed by atoms with Gasteiger partial charge in [-0.15, -0.1) is 0 Å². The highest BCUT2D eigenvalue weighted by Gasteiger charge is 2.47. The topological polar surface area (TPSA) is 24.9 Å². The van der Waals surface area contributed by atoms with Gasteiger partial charge in [-0.2, -0.15) is 0 Å². The maximum Gasteiger partial charge on any atom is 0.0413 e. The van der Waals surface area contributed by atoms with Crippen molar-refractivity contribution in [2.75, 3.05) is 6.54 Å². The lowest BCUT2D eigenvalue weighted by atomic mass is 9.92. The third-order valence-corrected chi connectivity index (χ3v) is 4.30. The summed E-state index contributed by atoms with van der Waals surface area (Å²) in [7, 11) is 0. The van der Waals surface area contributed by atoms with Crippen LogP contribution in [0.3, 0.4) is 0 Å². The molecule has 1 N–H and O–H groups in total. The number of pyridine rings is 1. The first-order valence-electron chi connectivity index (χ1n) is 6.50. The van der Waals surface area contributed by atoms with Gasteiger partial charge in [-0.25, -0.2) is 0 Å². The number of aromatic nitrogens is 1. The lowest BCUT2D eigenvalue weighted by Crippen LogP contribution is -2.36. The van der Waals surface area contributed by atoms with E-state index in [-0.39, 0.29) is 0 Å². The van der Waals surface area contributed by atoms with Crippen molar-refractivity contribution in [3.05, 3.63) is 28.5 Å². The maximum absolute atomic E-state index is 4.49. The minimum atomic E-state index is 0.468. The molecular weight excluding hydrogens is 276 g/mol. The van der Waals surface area contributed by atoms with Crippen LogP contribution in [0.25, 0.3) is 0 Å². The predicted molar refractivity (Wildman–Crippen MR) is 75.1 cm³/mol. The van der Waals surface area contributed by atoms with Gasteiger partial charge in [-0.3, -0.25) is 4.98 Å². The Morgan fingerprint density at radius 1 is 1.47 bits per heavy atom. The highest BCUT2D eigenvalue weighted by Crippen LogP contribution is 2.51. The van der Waals surface area contributed by atoms with Gasteiger partial charge in [0, 0.05) is 22.4 Å². The molecule has 1 unspecified atom stereocenters. The maximum atomic E-state index is 4.49. The van der Waals surface area contributed by atoms with Crippen molar-refractivity contribution in [1.82, 2.24) is 10.3 Å². The van der Waals surface area contributed by atoms with E-state index in [0.717, 1.165) is 17.4 Å². The molecule has 0 amide bonds. The fourth-order valence-electron chi connectivity index (χ4n) is 2.37. The summed E-state index contributed by atoms with van der Waals surface area (Å²) < 4.78 is 1.06. The molecule has 0 aromatic carbocycles. The molecule has 0 spiro atoms. The van der Waals surface area contributed by atoms with Gasteiger partial charge in [-0.05, 0) is 72.6 Å². The lowest BCUT2D eigenvalue weighted by molar-refractivity contribution is 0.347. The second-order valence-electron chi connectivity index (χ2n) is 5.18. The zero-order valence-electron chi connectivity index (χ0n) is 10.7. The molecule has 1 aromatic rings. The zero-order chi connectivity index (χ0) is 12.3. The van der Waals surface area contributed by atoms with E-state index in [9.17, 15) is 0 Å². The summed E-state index contributed by atoms with van der Waals surface area (Å²) in [5.41, 5.74) is 1.69. The molecule has 2 rings (SSSR count). The minimum absolute atomic E-state index is 0.468. The van der Waals surface area contributed by atoms with Gasteiger partial charge in [0.05, 0.1) is 0 Å². The molecular formula is C14H21BrN2. The molecule has 1 fully saturated rings. The number of halogens is 1. The lowest BCUT2D eigenvalue weighted by Gasteiger charge is -2.24. The van der Waals surface area contributed by atoms with Crippen molar-refractivity contribution in [3.63, 3.8) is 0 Å². The number of nitrogens with one attached hydrogen (secondary N) is 1. The molecule has 1 atom stereocenters. The van der Waals surface area contributed by atoms with Gasteiger partial charge in [0.15, 0.2) is 0 Å². The molecule has 94 valence electrons.